The molecule has 2 N–H and O–H groups in total. The fourth-order valence-electron chi connectivity index (χ4n) is 3.27. The van der Waals surface area contributed by atoms with Gasteiger partial charge in [0.2, 0.25) is 0 Å². The maximum atomic E-state index is 11.9. The van der Waals surface area contributed by atoms with Crippen molar-refractivity contribution in [2.45, 2.75) is 51.2 Å². The molecule has 6 heteroatoms. The normalized spacial score (nSPS) is 33.5. The largest absolute Gasteiger partial charge is 0.456 e. The first-order chi connectivity index (χ1) is 12.4. The number of carbonyl (C=O) groups is 2. The summed E-state index contributed by atoms with van der Waals surface area (Å²) in [5, 5.41) is 13.4. The molecule has 2 heterocycles. The number of carbonyl (C=O) groups excluding carboxylic acids is 2. The molecule has 0 aromatic rings. The molecule has 2 aliphatic heterocycles. The lowest BCUT2D eigenvalue weighted by Gasteiger charge is -2.27. The van der Waals surface area contributed by atoms with E-state index in [-0.39, 0.29) is 19.9 Å². The number of rotatable bonds is 0. The van der Waals surface area contributed by atoms with E-state index in [0.29, 0.717) is 25.0 Å². The zero-order chi connectivity index (χ0) is 19.1. The molecule has 0 saturated carbocycles. The van der Waals surface area contributed by atoms with Gasteiger partial charge >= 0.3 is 12.1 Å². The van der Waals surface area contributed by atoms with Crippen molar-refractivity contribution in [3.63, 3.8) is 0 Å². The van der Waals surface area contributed by atoms with Crippen LogP contribution in [0.1, 0.15) is 40.5 Å². The molecule has 26 heavy (non-hydrogen) atoms. The highest BCUT2D eigenvalue weighted by molar-refractivity contribution is 5.90. The second kappa shape index (κ2) is 9.57. The van der Waals surface area contributed by atoms with E-state index in [2.05, 4.69) is 18.5 Å². The van der Waals surface area contributed by atoms with Crippen LogP contribution in [0.2, 0.25) is 0 Å². The van der Waals surface area contributed by atoms with Gasteiger partial charge in [-0.3, -0.25) is 0 Å². The van der Waals surface area contributed by atoms with Gasteiger partial charge in [-0.1, -0.05) is 32.2 Å². The molecule has 0 aliphatic carbocycles. The molecule has 0 bridgehead atoms. The number of nitrogens with one attached hydrogen (secondary N) is 1. The van der Waals surface area contributed by atoms with Gasteiger partial charge < -0.3 is 19.9 Å². The quantitative estimate of drug-likeness (QED) is 0.391. The smallest absolute Gasteiger partial charge is 0.407 e. The van der Waals surface area contributed by atoms with Crippen LogP contribution in [-0.4, -0.2) is 42.5 Å². The Morgan fingerprint density at radius 3 is 2.73 bits per heavy atom. The Hall–Kier alpha value is -2.08. The van der Waals surface area contributed by atoms with Crippen molar-refractivity contribution >= 4 is 12.1 Å². The van der Waals surface area contributed by atoms with Crippen molar-refractivity contribution in [1.29, 1.82) is 0 Å². The summed E-state index contributed by atoms with van der Waals surface area (Å²) in [4.78, 5) is 23.6. The molecule has 0 unspecified atom stereocenters. The van der Waals surface area contributed by atoms with Crippen molar-refractivity contribution in [3.8, 4) is 0 Å². The lowest BCUT2D eigenvalue weighted by Crippen LogP contribution is -2.36. The summed E-state index contributed by atoms with van der Waals surface area (Å²) < 4.78 is 10.5. The number of alkyl carbamates (subject to hydrolysis) is 1. The lowest BCUT2D eigenvalue weighted by molar-refractivity contribution is -0.146. The fraction of sp³-hybridized carbons (Fsp3) is 0.600. The average molecular weight is 365 g/mol. The number of fused-ring (bicyclic) bond motifs is 1. The average Bonchev–Trinajstić information content (AvgIpc) is 2.90. The van der Waals surface area contributed by atoms with Crippen molar-refractivity contribution in [1.82, 2.24) is 5.32 Å². The third-order valence-corrected chi connectivity index (χ3v) is 5.02. The van der Waals surface area contributed by atoms with Crippen LogP contribution in [0.25, 0.3) is 0 Å². The van der Waals surface area contributed by atoms with E-state index in [1.54, 1.807) is 0 Å². The maximum absolute atomic E-state index is 11.9. The Morgan fingerprint density at radius 1 is 1.23 bits per heavy atom. The molecule has 0 radical (unpaired) electrons. The summed E-state index contributed by atoms with van der Waals surface area (Å²) in [6.45, 7) is 10.4. The standard InChI is InChI=1S/C20H29NO5.H2/c1-13-9-10-16-15(3)19(23)26-18(16)17(22)14(2)8-6-4-5-7-11-21-20(24)25-12-13;/h4-5,14,16-18,22H,1,3,6-12H2,2H3,(H,21,24);1H/b5-4-;/t14-,16-,17-,18-;/m0./s1. The van der Waals surface area contributed by atoms with E-state index < -0.39 is 24.3 Å². The minimum Gasteiger partial charge on any atom is -0.456 e. The van der Waals surface area contributed by atoms with Gasteiger partial charge in [-0.15, -0.1) is 0 Å². The second-order valence-electron chi connectivity index (χ2n) is 7.10. The highest BCUT2D eigenvalue weighted by Crippen LogP contribution is 2.35. The predicted octanol–water partition coefficient (Wildman–Crippen LogP) is 3.13. The Kier molecular flexibility index (Phi) is 7.45. The molecule has 1 amide bonds. The molecule has 4 atom stereocenters. The summed E-state index contributed by atoms with van der Waals surface area (Å²) in [6, 6.07) is 0. The predicted molar refractivity (Wildman–Crippen MR) is 101 cm³/mol. The first-order valence-corrected chi connectivity index (χ1v) is 9.20. The van der Waals surface area contributed by atoms with Crippen LogP contribution in [-0.2, 0) is 14.3 Å². The number of esters is 1. The highest BCUT2D eigenvalue weighted by Gasteiger charge is 2.43. The Bertz CT molecular complexity index is 589. The minimum atomic E-state index is -0.736. The molecule has 2 aliphatic rings. The van der Waals surface area contributed by atoms with E-state index in [0.717, 1.165) is 24.8 Å². The third-order valence-electron chi connectivity index (χ3n) is 5.02. The summed E-state index contributed by atoms with van der Waals surface area (Å²) in [5.41, 5.74) is 1.14. The first-order valence-electron chi connectivity index (χ1n) is 9.20. The fourth-order valence-corrected chi connectivity index (χ4v) is 3.27. The number of amides is 1. The van der Waals surface area contributed by atoms with Gasteiger partial charge in [-0.05, 0) is 43.6 Å². The number of aliphatic hydroxyl groups is 1. The van der Waals surface area contributed by atoms with Gasteiger partial charge in [0.25, 0.3) is 0 Å². The van der Waals surface area contributed by atoms with Gasteiger partial charge in [0.05, 0.1) is 6.10 Å². The topological polar surface area (TPSA) is 84.9 Å². The summed E-state index contributed by atoms with van der Waals surface area (Å²) in [6.07, 6.45) is 5.70. The summed E-state index contributed by atoms with van der Waals surface area (Å²) in [7, 11) is 0. The number of aliphatic hydroxyl groups excluding tert-OH is 1. The molecular formula is C20H31NO5. The van der Waals surface area contributed by atoms with Gasteiger partial charge in [-0.25, -0.2) is 9.59 Å². The SMILES string of the molecule is C=C1CC[C@H]2C(=C)C(=O)O[C@@H]2[C@@H](O)[C@@H](C)CC/C=C\CCNC(=O)OC1.[HH]. The maximum Gasteiger partial charge on any atom is 0.407 e. The van der Waals surface area contributed by atoms with E-state index in [4.69, 9.17) is 9.47 Å². The molecule has 146 valence electrons. The summed E-state index contributed by atoms with van der Waals surface area (Å²) in [5.74, 6) is -0.702. The van der Waals surface area contributed by atoms with Gasteiger partial charge in [-0.2, -0.15) is 0 Å². The van der Waals surface area contributed by atoms with E-state index in [1.807, 2.05) is 19.1 Å². The van der Waals surface area contributed by atoms with Gasteiger partial charge in [0, 0.05) is 19.5 Å². The molecule has 6 nitrogen and oxygen atoms in total. The molecule has 0 aromatic heterocycles. The van der Waals surface area contributed by atoms with E-state index >= 15 is 0 Å². The molecule has 0 spiro atoms. The van der Waals surface area contributed by atoms with Gasteiger partial charge in [0.1, 0.15) is 12.7 Å². The first kappa shape index (κ1) is 20.2. The van der Waals surface area contributed by atoms with E-state index in [9.17, 15) is 14.7 Å². The van der Waals surface area contributed by atoms with Crippen LogP contribution >= 0.6 is 0 Å². The molecule has 1 fully saturated rings. The number of allylic oxidation sites excluding steroid dienone is 1. The molecule has 1 saturated heterocycles. The molecule has 0 aromatic carbocycles. The molecular weight excluding hydrogens is 334 g/mol. The monoisotopic (exact) mass is 365 g/mol. The Labute approximate surface area is 156 Å². The van der Waals surface area contributed by atoms with Crippen LogP contribution in [0.5, 0.6) is 0 Å². The van der Waals surface area contributed by atoms with Crippen molar-refractivity contribution in [2.75, 3.05) is 13.2 Å². The van der Waals surface area contributed by atoms with Crippen molar-refractivity contribution in [2.24, 2.45) is 11.8 Å². The number of ether oxygens (including phenoxy) is 2. The second-order valence-corrected chi connectivity index (χ2v) is 7.10. The number of hydrogen-bond acceptors (Lipinski definition) is 5. The highest BCUT2D eigenvalue weighted by atomic mass is 16.6. The summed E-state index contributed by atoms with van der Waals surface area (Å²) >= 11 is 0. The number of cyclic esters (lactones) is 1. The van der Waals surface area contributed by atoms with Gasteiger partial charge in [0.15, 0.2) is 0 Å². The molecule has 2 rings (SSSR count). The van der Waals surface area contributed by atoms with Crippen LogP contribution < -0.4 is 5.32 Å². The Morgan fingerprint density at radius 2 is 1.96 bits per heavy atom. The lowest BCUT2D eigenvalue weighted by atomic mass is 9.83. The van der Waals surface area contributed by atoms with Crippen LogP contribution in [0.3, 0.4) is 0 Å². The van der Waals surface area contributed by atoms with Crippen molar-refractivity contribution < 1.29 is 25.6 Å². The van der Waals surface area contributed by atoms with Crippen LogP contribution in [0, 0.1) is 11.8 Å². The minimum absolute atomic E-state index is 0. The van der Waals surface area contributed by atoms with E-state index in [1.165, 1.54) is 0 Å². The number of hydrogen-bond donors (Lipinski definition) is 2. The third kappa shape index (κ3) is 5.46. The van der Waals surface area contributed by atoms with Crippen molar-refractivity contribution in [3.05, 3.63) is 36.5 Å². The zero-order valence-corrected chi connectivity index (χ0v) is 15.4. The van der Waals surface area contributed by atoms with Crippen LogP contribution in [0.4, 0.5) is 4.79 Å². The van der Waals surface area contributed by atoms with Crippen LogP contribution in [0.15, 0.2) is 36.5 Å². The zero-order valence-electron chi connectivity index (χ0n) is 15.4. The Balaban J connectivity index is 0.00000364.